The summed E-state index contributed by atoms with van der Waals surface area (Å²) in [5.74, 6) is -0.000955. The molecule has 2 aliphatic rings. The van der Waals surface area contributed by atoms with Crippen LogP contribution in [0.3, 0.4) is 0 Å². The fourth-order valence-electron chi connectivity index (χ4n) is 4.79. The number of carbonyl (C=O) groups excluding carboxylic acids is 1. The molecule has 0 radical (unpaired) electrons. The van der Waals surface area contributed by atoms with Crippen LogP contribution in [0.1, 0.15) is 55.2 Å². The van der Waals surface area contributed by atoms with Gasteiger partial charge in [0.05, 0.1) is 17.8 Å². The zero-order valence-corrected chi connectivity index (χ0v) is 22.4. The molecule has 1 amide bonds. The highest BCUT2D eigenvalue weighted by atomic mass is 32.1. The van der Waals surface area contributed by atoms with Crippen molar-refractivity contribution in [3.05, 3.63) is 87.0 Å². The molecule has 1 saturated heterocycles. The van der Waals surface area contributed by atoms with E-state index in [0.29, 0.717) is 0 Å². The SMILES string of the molecule is CC1(C)OB(C(=Cc2csc(CO)c2)CNC(=O)OCC2c3ccccc3-c3ccccc32)OC1(C)C. The Kier molecular flexibility index (Phi) is 7.02. The first kappa shape index (κ1) is 25.7. The first-order valence-corrected chi connectivity index (χ1v) is 13.4. The fraction of sp³-hybridized carbons (Fsp3) is 0.345. The van der Waals surface area contributed by atoms with Crippen molar-refractivity contribution in [1.82, 2.24) is 5.32 Å². The third-order valence-corrected chi connectivity index (χ3v) is 8.46. The number of aliphatic hydroxyl groups is 1. The van der Waals surface area contributed by atoms with Gasteiger partial charge in [0.2, 0.25) is 0 Å². The number of carbonyl (C=O) groups is 1. The van der Waals surface area contributed by atoms with Crippen molar-refractivity contribution in [2.75, 3.05) is 13.2 Å². The van der Waals surface area contributed by atoms with E-state index in [-0.39, 0.29) is 25.7 Å². The molecule has 1 aliphatic carbocycles. The maximum Gasteiger partial charge on any atom is 0.492 e. The molecule has 1 fully saturated rings. The molecule has 192 valence electrons. The molecule has 0 bridgehead atoms. The average molecular weight is 517 g/mol. The van der Waals surface area contributed by atoms with Crippen LogP contribution in [0.5, 0.6) is 0 Å². The maximum atomic E-state index is 12.8. The highest BCUT2D eigenvalue weighted by Gasteiger charge is 2.52. The second kappa shape index (κ2) is 10.1. The number of ether oxygens (including phenoxy) is 1. The predicted molar refractivity (Wildman–Crippen MR) is 147 cm³/mol. The predicted octanol–water partition coefficient (Wildman–Crippen LogP) is 5.79. The van der Waals surface area contributed by atoms with Crippen LogP contribution in [0.2, 0.25) is 0 Å². The largest absolute Gasteiger partial charge is 0.492 e. The maximum absolute atomic E-state index is 12.8. The number of nitrogens with one attached hydrogen (secondary N) is 1. The number of thiophene rings is 1. The van der Waals surface area contributed by atoms with Gasteiger partial charge < -0.3 is 24.5 Å². The van der Waals surface area contributed by atoms with Gasteiger partial charge in [-0.1, -0.05) is 54.6 Å². The average Bonchev–Trinajstić information content (AvgIpc) is 3.52. The molecule has 2 heterocycles. The first-order valence-electron chi connectivity index (χ1n) is 12.5. The Morgan fingerprint density at radius 3 is 2.22 bits per heavy atom. The topological polar surface area (TPSA) is 77.0 Å². The van der Waals surface area contributed by atoms with Gasteiger partial charge in [-0.15, -0.1) is 11.3 Å². The Labute approximate surface area is 222 Å². The van der Waals surface area contributed by atoms with E-state index >= 15 is 0 Å². The van der Waals surface area contributed by atoms with Crippen LogP contribution in [-0.4, -0.2) is 42.7 Å². The Hall–Kier alpha value is -2.91. The fourth-order valence-corrected chi connectivity index (χ4v) is 5.49. The van der Waals surface area contributed by atoms with Crippen LogP contribution >= 0.6 is 11.3 Å². The molecule has 8 heteroatoms. The van der Waals surface area contributed by atoms with E-state index in [0.717, 1.165) is 15.9 Å². The van der Waals surface area contributed by atoms with Gasteiger partial charge in [0, 0.05) is 17.3 Å². The molecule has 1 aliphatic heterocycles. The van der Waals surface area contributed by atoms with Crippen LogP contribution in [0.25, 0.3) is 17.2 Å². The molecular formula is C29H32BNO5S. The first-order chi connectivity index (χ1) is 17.7. The summed E-state index contributed by atoms with van der Waals surface area (Å²) in [6.45, 7) is 8.44. The van der Waals surface area contributed by atoms with E-state index in [9.17, 15) is 9.90 Å². The van der Waals surface area contributed by atoms with Crippen LogP contribution in [0.4, 0.5) is 4.79 Å². The van der Waals surface area contributed by atoms with Crippen LogP contribution in [-0.2, 0) is 20.7 Å². The summed E-state index contributed by atoms with van der Waals surface area (Å²) in [6.07, 6.45) is 1.45. The number of aliphatic hydroxyl groups excluding tert-OH is 1. The molecular weight excluding hydrogens is 485 g/mol. The minimum absolute atomic E-state index is 0.000955. The molecule has 0 saturated carbocycles. The van der Waals surface area contributed by atoms with Gasteiger partial charge in [-0.25, -0.2) is 4.79 Å². The molecule has 5 rings (SSSR count). The summed E-state index contributed by atoms with van der Waals surface area (Å²) in [5, 5.41) is 14.3. The summed E-state index contributed by atoms with van der Waals surface area (Å²) >= 11 is 1.48. The number of rotatable bonds is 7. The molecule has 0 atom stereocenters. The lowest BCUT2D eigenvalue weighted by Crippen LogP contribution is -2.41. The number of alkyl carbamates (subject to hydrolysis) is 1. The number of amides is 1. The van der Waals surface area contributed by atoms with Crippen LogP contribution in [0, 0.1) is 0 Å². The van der Waals surface area contributed by atoms with E-state index in [1.54, 1.807) is 0 Å². The number of fused-ring (bicyclic) bond motifs is 3. The van der Waals surface area contributed by atoms with Gasteiger partial charge >= 0.3 is 13.2 Å². The van der Waals surface area contributed by atoms with Crippen LogP contribution < -0.4 is 5.32 Å². The van der Waals surface area contributed by atoms with Crippen molar-refractivity contribution in [2.45, 2.75) is 51.4 Å². The molecule has 3 aromatic rings. The van der Waals surface area contributed by atoms with E-state index in [2.05, 4.69) is 29.6 Å². The summed E-state index contributed by atoms with van der Waals surface area (Å²) in [7, 11) is -0.614. The summed E-state index contributed by atoms with van der Waals surface area (Å²) in [6, 6.07) is 18.5. The van der Waals surface area contributed by atoms with E-state index in [1.807, 2.05) is 69.5 Å². The second-order valence-corrected chi connectivity index (χ2v) is 11.5. The van der Waals surface area contributed by atoms with Crippen molar-refractivity contribution >= 4 is 30.6 Å². The Bertz CT molecular complexity index is 1270. The van der Waals surface area contributed by atoms with Crippen molar-refractivity contribution < 1.29 is 23.9 Å². The van der Waals surface area contributed by atoms with Gasteiger partial charge in [0.25, 0.3) is 0 Å². The van der Waals surface area contributed by atoms with Gasteiger partial charge in [0.15, 0.2) is 0 Å². The zero-order chi connectivity index (χ0) is 26.2. The lowest BCUT2D eigenvalue weighted by atomic mass is 9.77. The minimum atomic E-state index is -0.614. The number of benzene rings is 2. The molecule has 0 unspecified atom stereocenters. The van der Waals surface area contributed by atoms with Gasteiger partial charge in [-0.05, 0) is 72.4 Å². The smallest absolute Gasteiger partial charge is 0.449 e. The third-order valence-electron chi connectivity index (χ3n) is 7.52. The number of hydrogen-bond donors (Lipinski definition) is 2. The summed E-state index contributed by atoms with van der Waals surface area (Å²) in [5.41, 5.74) is 5.41. The molecule has 6 nitrogen and oxygen atoms in total. The van der Waals surface area contributed by atoms with Gasteiger partial charge in [-0.3, -0.25) is 0 Å². The second-order valence-electron chi connectivity index (χ2n) is 10.5. The third kappa shape index (κ3) is 5.11. The zero-order valence-electron chi connectivity index (χ0n) is 21.6. The van der Waals surface area contributed by atoms with Crippen molar-refractivity contribution in [3.8, 4) is 11.1 Å². The van der Waals surface area contributed by atoms with Crippen LogP contribution in [0.15, 0.2) is 65.4 Å². The van der Waals surface area contributed by atoms with Crippen molar-refractivity contribution in [3.63, 3.8) is 0 Å². The highest BCUT2D eigenvalue weighted by Crippen LogP contribution is 2.44. The quantitative estimate of drug-likeness (QED) is 0.388. The van der Waals surface area contributed by atoms with Gasteiger partial charge in [-0.2, -0.15) is 0 Å². The minimum Gasteiger partial charge on any atom is -0.449 e. The summed E-state index contributed by atoms with van der Waals surface area (Å²) < 4.78 is 18.2. The van der Waals surface area contributed by atoms with Gasteiger partial charge in [0.1, 0.15) is 6.61 Å². The van der Waals surface area contributed by atoms with E-state index in [1.165, 1.54) is 33.6 Å². The molecule has 2 N–H and O–H groups in total. The molecule has 1 aromatic heterocycles. The van der Waals surface area contributed by atoms with E-state index < -0.39 is 24.4 Å². The Balaban J connectivity index is 1.28. The lowest BCUT2D eigenvalue weighted by Gasteiger charge is -2.32. The number of hydrogen-bond acceptors (Lipinski definition) is 6. The molecule has 37 heavy (non-hydrogen) atoms. The van der Waals surface area contributed by atoms with E-state index in [4.69, 9.17) is 14.0 Å². The Morgan fingerprint density at radius 1 is 1.05 bits per heavy atom. The summed E-state index contributed by atoms with van der Waals surface area (Å²) in [4.78, 5) is 13.7. The van der Waals surface area contributed by atoms with Crippen molar-refractivity contribution in [2.24, 2.45) is 0 Å². The molecule has 2 aromatic carbocycles. The standard InChI is InChI=1S/C29H32BNO5S/c1-28(2)29(3,4)36-30(35-28)20(13-19-14-21(16-32)37-18-19)15-31-27(33)34-17-26-24-11-7-5-9-22(24)23-10-6-8-12-25(23)26/h5-14,18,26,32H,15-17H2,1-4H3,(H,31,33). The normalized spacial score (nSPS) is 18.0. The monoisotopic (exact) mass is 517 g/mol. The molecule has 0 spiro atoms. The van der Waals surface area contributed by atoms with Crippen molar-refractivity contribution in [1.29, 1.82) is 0 Å². The lowest BCUT2D eigenvalue weighted by molar-refractivity contribution is 0.00578. The Morgan fingerprint density at radius 2 is 1.65 bits per heavy atom. The highest BCUT2D eigenvalue weighted by molar-refractivity contribution is 7.10.